The van der Waals surface area contributed by atoms with Crippen molar-refractivity contribution in [2.45, 2.75) is 26.0 Å². The summed E-state index contributed by atoms with van der Waals surface area (Å²) in [7, 11) is 2.92. The van der Waals surface area contributed by atoms with Crippen molar-refractivity contribution in [2.75, 3.05) is 19.1 Å². The number of hydrogen-bond acceptors (Lipinski definition) is 8. The molecule has 1 unspecified atom stereocenters. The maximum Gasteiger partial charge on any atom is 0.338 e. The molecule has 1 atom stereocenters. The van der Waals surface area contributed by atoms with E-state index in [0.29, 0.717) is 22.7 Å². The number of esters is 1. The second kappa shape index (κ2) is 10.7. The van der Waals surface area contributed by atoms with Crippen LogP contribution in [0, 0.1) is 0 Å². The summed E-state index contributed by atoms with van der Waals surface area (Å²) in [5.41, 5.74) is 1.20. The smallest absolute Gasteiger partial charge is 0.338 e. The van der Waals surface area contributed by atoms with Gasteiger partial charge >= 0.3 is 5.97 Å². The summed E-state index contributed by atoms with van der Waals surface area (Å²) in [6, 6.07) is 15.7. The van der Waals surface area contributed by atoms with Crippen LogP contribution in [0.3, 0.4) is 0 Å². The van der Waals surface area contributed by atoms with Crippen LogP contribution in [0.25, 0.3) is 5.76 Å². The predicted molar refractivity (Wildman–Crippen MR) is 139 cm³/mol. The number of amides is 1. The number of ketones is 1. The minimum absolute atomic E-state index is 0.00129. The van der Waals surface area contributed by atoms with E-state index in [2.05, 4.69) is 0 Å². The molecule has 1 fully saturated rings. The first kappa shape index (κ1) is 26.3. The molecule has 196 valence electrons. The van der Waals surface area contributed by atoms with E-state index in [1.54, 1.807) is 38.1 Å². The molecule has 9 heteroatoms. The third kappa shape index (κ3) is 4.90. The third-order valence-corrected chi connectivity index (χ3v) is 6.03. The van der Waals surface area contributed by atoms with Crippen molar-refractivity contribution in [3.8, 4) is 17.2 Å². The Morgan fingerprint density at radius 3 is 2.05 bits per heavy atom. The van der Waals surface area contributed by atoms with Gasteiger partial charge in [0.1, 0.15) is 11.5 Å². The fourth-order valence-corrected chi connectivity index (χ4v) is 4.25. The third-order valence-electron chi connectivity index (χ3n) is 6.03. The Labute approximate surface area is 219 Å². The highest BCUT2D eigenvalue weighted by atomic mass is 16.5. The summed E-state index contributed by atoms with van der Waals surface area (Å²) in [4.78, 5) is 40.2. The van der Waals surface area contributed by atoms with Gasteiger partial charge in [-0.2, -0.15) is 0 Å². The van der Waals surface area contributed by atoms with Gasteiger partial charge < -0.3 is 24.4 Å². The Morgan fingerprint density at radius 1 is 0.868 bits per heavy atom. The molecule has 0 radical (unpaired) electrons. The summed E-state index contributed by atoms with van der Waals surface area (Å²) in [6.45, 7) is 3.48. The SMILES string of the molecule is COc1ccc(/C(O)=C2/C(=O)C(=O)N(c3ccc(C(=O)OC(C)C)cc3)C2c2ccc(O)cc2)cc1OC. The molecule has 38 heavy (non-hydrogen) atoms. The number of anilines is 1. The number of rotatable bonds is 7. The number of aliphatic hydroxyl groups excluding tert-OH is 1. The number of benzene rings is 3. The molecule has 1 amide bonds. The van der Waals surface area contributed by atoms with E-state index in [1.807, 2.05) is 0 Å². The lowest BCUT2D eigenvalue weighted by Crippen LogP contribution is -2.29. The molecule has 9 nitrogen and oxygen atoms in total. The van der Waals surface area contributed by atoms with Gasteiger partial charge in [0.05, 0.1) is 37.5 Å². The van der Waals surface area contributed by atoms with Crippen LogP contribution in [0.1, 0.15) is 41.4 Å². The molecule has 1 saturated heterocycles. The number of nitrogens with zero attached hydrogens (tertiary/aromatic N) is 1. The van der Waals surface area contributed by atoms with Gasteiger partial charge in [0, 0.05) is 11.3 Å². The lowest BCUT2D eigenvalue weighted by atomic mass is 9.95. The zero-order chi connectivity index (χ0) is 27.6. The topological polar surface area (TPSA) is 123 Å². The number of ether oxygens (including phenoxy) is 3. The number of hydrogen-bond donors (Lipinski definition) is 2. The van der Waals surface area contributed by atoms with E-state index < -0.39 is 29.5 Å². The Bertz CT molecular complexity index is 1410. The first-order chi connectivity index (χ1) is 18.2. The van der Waals surface area contributed by atoms with Gasteiger partial charge in [-0.1, -0.05) is 12.1 Å². The van der Waals surface area contributed by atoms with E-state index in [9.17, 15) is 24.6 Å². The Morgan fingerprint density at radius 2 is 1.47 bits per heavy atom. The molecule has 2 N–H and O–H groups in total. The van der Waals surface area contributed by atoms with E-state index in [1.165, 1.54) is 61.6 Å². The second-order valence-electron chi connectivity index (χ2n) is 8.83. The number of Topliss-reactive ketones (excluding diaryl/α,β-unsaturated/α-hetero) is 1. The normalized spacial score (nSPS) is 16.6. The van der Waals surface area contributed by atoms with Crippen LogP contribution in [0.2, 0.25) is 0 Å². The van der Waals surface area contributed by atoms with Crippen LogP contribution in [0.15, 0.2) is 72.3 Å². The zero-order valence-corrected chi connectivity index (χ0v) is 21.3. The second-order valence-corrected chi connectivity index (χ2v) is 8.83. The predicted octanol–water partition coefficient (Wildman–Crippen LogP) is 4.60. The molecule has 0 bridgehead atoms. The number of carbonyl (C=O) groups excluding carboxylic acids is 3. The summed E-state index contributed by atoms with van der Waals surface area (Å²) >= 11 is 0. The fourth-order valence-electron chi connectivity index (χ4n) is 4.25. The molecule has 0 aromatic heterocycles. The Kier molecular flexibility index (Phi) is 7.38. The molecule has 4 rings (SSSR count). The first-order valence-corrected chi connectivity index (χ1v) is 11.8. The zero-order valence-electron chi connectivity index (χ0n) is 21.3. The van der Waals surface area contributed by atoms with Gasteiger partial charge in [0.15, 0.2) is 11.5 Å². The number of phenols is 1. The van der Waals surface area contributed by atoms with Gasteiger partial charge in [-0.05, 0) is 74.0 Å². The molecule has 1 aliphatic rings. The Balaban J connectivity index is 1.85. The number of aromatic hydroxyl groups is 1. The Hall–Kier alpha value is -4.79. The van der Waals surface area contributed by atoms with Crippen LogP contribution >= 0.6 is 0 Å². The van der Waals surface area contributed by atoms with E-state index in [-0.39, 0.29) is 28.6 Å². The van der Waals surface area contributed by atoms with Gasteiger partial charge in [-0.3, -0.25) is 14.5 Å². The van der Waals surface area contributed by atoms with Crippen molar-refractivity contribution >= 4 is 29.1 Å². The van der Waals surface area contributed by atoms with E-state index in [4.69, 9.17) is 14.2 Å². The average Bonchev–Trinajstić information content (AvgIpc) is 3.18. The molecule has 1 heterocycles. The maximum atomic E-state index is 13.3. The quantitative estimate of drug-likeness (QED) is 0.202. The van der Waals surface area contributed by atoms with Crippen molar-refractivity contribution in [3.05, 3.63) is 89.0 Å². The lowest BCUT2D eigenvalue weighted by Gasteiger charge is -2.25. The van der Waals surface area contributed by atoms with Crippen LogP contribution in [-0.4, -0.2) is 48.2 Å². The van der Waals surface area contributed by atoms with Crippen LogP contribution in [0.4, 0.5) is 5.69 Å². The van der Waals surface area contributed by atoms with E-state index >= 15 is 0 Å². The van der Waals surface area contributed by atoms with Gasteiger partial charge in [0.25, 0.3) is 11.7 Å². The van der Waals surface area contributed by atoms with Crippen molar-refractivity contribution < 1.29 is 38.8 Å². The fraction of sp³-hybridized carbons (Fsp3) is 0.207. The molecule has 1 aliphatic heterocycles. The number of phenolic OH excluding ortho intramolecular Hbond substituents is 1. The largest absolute Gasteiger partial charge is 0.508 e. The summed E-state index contributed by atoms with van der Waals surface area (Å²) in [6.07, 6.45) is -0.300. The van der Waals surface area contributed by atoms with Gasteiger partial charge in [0.2, 0.25) is 0 Å². The number of aliphatic hydroxyl groups is 1. The molecule has 3 aromatic rings. The highest BCUT2D eigenvalue weighted by molar-refractivity contribution is 6.51. The summed E-state index contributed by atoms with van der Waals surface area (Å²) in [5.74, 6) is -1.91. The van der Waals surface area contributed by atoms with Crippen molar-refractivity contribution in [3.63, 3.8) is 0 Å². The van der Waals surface area contributed by atoms with E-state index in [0.717, 1.165) is 0 Å². The molecule has 3 aromatic carbocycles. The van der Waals surface area contributed by atoms with Crippen molar-refractivity contribution in [1.29, 1.82) is 0 Å². The van der Waals surface area contributed by atoms with Crippen molar-refractivity contribution in [2.24, 2.45) is 0 Å². The first-order valence-electron chi connectivity index (χ1n) is 11.8. The van der Waals surface area contributed by atoms with Crippen molar-refractivity contribution in [1.82, 2.24) is 0 Å². The molecule has 0 aliphatic carbocycles. The minimum Gasteiger partial charge on any atom is -0.508 e. The molecule has 0 spiro atoms. The minimum atomic E-state index is -1.02. The maximum absolute atomic E-state index is 13.3. The van der Waals surface area contributed by atoms with Crippen LogP contribution in [0.5, 0.6) is 17.2 Å². The molecular formula is C29H27NO8. The number of carbonyl (C=O) groups is 3. The highest BCUT2D eigenvalue weighted by Crippen LogP contribution is 2.43. The standard InChI is InChI=1S/C29H27NO8/c1-16(2)38-29(35)18-5-10-20(11-6-18)30-25(17-7-12-21(31)13-8-17)24(27(33)28(30)34)26(32)19-9-14-22(36-3)23(15-19)37-4/h5-16,25,31-32H,1-4H3/b26-24-. The van der Waals surface area contributed by atoms with Gasteiger partial charge in [-0.15, -0.1) is 0 Å². The summed E-state index contributed by atoms with van der Waals surface area (Å²) < 4.78 is 15.8. The average molecular weight is 518 g/mol. The lowest BCUT2D eigenvalue weighted by molar-refractivity contribution is -0.132. The molecular weight excluding hydrogens is 490 g/mol. The summed E-state index contributed by atoms with van der Waals surface area (Å²) in [5, 5.41) is 21.1. The molecule has 0 saturated carbocycles. The van der Waals surface area contributed by atoms with Gasteiger partial charge in [-0.25, -0.2) is 4.79 Å². The monoisotopic (exact) mass is 517 g/mol. The number of methoxy groups -OCH3 is 2. The van der Waals surface area contributed by atoms with Crippen LogP contribution < -0.4 is 14.4 Å². The highest BCUT2D eigenvalue weighted by Gasteiger charge is 2.47. The van der Waals surface area contributed by atoms with Crippen LogP contribution in [-0.2, 0) is 14.3 Å².